The number of aromatic hydroxyl groups is 2. The van der Waals surface area contributed by atoms with Crippen LogP contribution >= 0.6 is 36.2 Å². The predicted molar refractivity (Wildman–Crippen MR) is 284 cm³/mol. The number of benzene rings is 5. The van der Waals surface area contributed by atoms with Crippen molar-refractivity contribution in [1.29, 1.82) is 5.26 Å². The van der Waals surface area contributed by atoms with Gasteiger partial charge in [0.05, 0.1) is 23.1 Å². The fraction of sp³-hybridized carbons (Fsp3) is 0.346. The van der Waals surface area contributed by atoms with Crippen molar-refractivity contribution in [3.8, 4) is 28.3 Å². The minimum absolute atomic E-state index is 0. The smallest absolute Gasteiger partial charge is 1.00 e. The number of aryl methyl sites for hydroxylation is 6. The van der Waals surface area contributed by atoms with E-state index in [9.17, 15) is 33.0 Å². The summed E-state index contributed by atoms with van der Waals surface area (Å²) >= 11 is 6.81. The van der Waals surface area contributed by atoms with Crippen LogP contribution in [-0.4, -0.2) is 74.3 Å². The average molecular weight is 1050 g/mol. The van der Waals surface area contributed by atoms with Crippen LogP contribution in [0, 0.1) is 52.2 Å². The van der Waals surface area contributed by atoms with Crippen molar-refractivity contribution in [2.24, 2.45) is 7.05 Å². The van der Waals surface area contributed by atoms with Gasteiger partial charge in [0.1, 0.15) is 22.6 Å². The Morgan fingerprint density at radius 2 is 1.41 bits per heavy atom. The molecule has 2 heterocycles. The Kier molecular flexibility index (Phi) is 29.6. The minimum atomic E-state index is -4.48. The number of thiocyanates is 1. The molecule has 0 saturated carbocycles. The number of thioether (sulfide) groups is 2. The largest absolute Gasteiger partial charge is 1.00 e. The molecule has 0 amide bonds. The standard InChI is InChI=1S/C29H28F3N3O4S.C9H9NOS.C8H10OS.C4H8O.2CH4.Al.Li.4H/c1-5-38-25(36)17-39-23-15-19(3)24(16-18(23)2)40-26(20-9-7-6-8-10-20)27-33-35(28(37)34(27)4)22-13-11-21(12-14-22)29(30,31)32;1-6-4-9(12-5-10)7(2)3-8(6)11;1-5-4-8(10)6(2)3-7(5)9;1-2-4-5-3-1;;;;;;;;/h6-16,26H,5,17H2,1-4H3;3-4,11H,1-2H3;3-4,9-10H,1-2H3;1-4H2;2*1H4;;;;;;/q;;;;;;;+1;;;;-1. The van der Waals surface area contributed by atoms with Crippen molar-refractivity contribution < 1.29 is 62.7 Å². The van der Waals surface area contributed by atoms with Gasteiger partial charge in [0.2, 0.25) is 0 Å². The number of nitriles is 1. The number of nitrogens with zero attached hydrogens (tertiary/aromatic N) is 4. The van der Waals surface area contributed by atoms with E-state index < -0.39 is 28.6 Å². The molecule has 19 heteroatoms. The molecule has 6 aromatic rings. The number of esters is 1. The molecule has 71 heavy (non-hydrogen) atoms. The van der Waals surface area contributed by atoms with Crippen molar-refractivity contribution in [3.05, 3.63) is 152 Å². The van der Waals surface area contributed by atoms with Crippen LogP contribution in [-0.2, 0) is 27.5 Å². The molecule has 1 aliphatic rings. The molecule has 1 aliphatic heterocycles. The number of rotatable bonds is 10. The number of thiol groups is 1. The van der Waals surface area contributed by atoms with Gasteiger partial charge in [-0.1, -0.05) is 45.2 Å². The first-order chi connectivity index (χ1) is 31.7. The first-order valence-corrected chi connectivity index (χ1v) is 23.3. The SMILES string of the molecule is C.C.C1CCOC1.CCOC(=O)COc1cc(C)c(SC(c2ccccc2)c2nn(-c3ccc(C(F)(F)F)cc3)c(=O)n2C)cc1C.Cc1cc(S)c(C)cc1O.Cc1cc(SC#N)c(C)cc1O.[AlH3].[H-].[Li+]. The summed E-state index contributed by atoms with van der Waals surface area (Å²) in [6, 6.07) is 24.7. The minimum Gasteiger partial charge on any atom is -1.00 e. The second-order valence-corrected chi connectivity index (χ2v) is 17.8. The van der Waals surface area contributed by atoms with E-state index in [0.717, 1.165) is 95.4 Å². The molecule has 0 aliphatic carbocycles. The van der Waals surface area contributed by atoms with Gasteiger partial charge in [-0.05, 0) is 173 Å². The van der Waals surface area contributed by atoms with Crippen LogP contribution in [0.4, 0.5) is 13.2 Å². The molecular weight excluding hydrogens is 980 g/mol. The number of aromatic nitrogens is 3. The monoisotopic (exact) mass is 1050 g/mol. The number of carbonyl (C=O) groups is 1. The number of hydrogen-bond donors (Lipinski definition) is 3. The normalized spacial score (nSPS) is 11.6. The van der Waals surface area contributed by atoms with Gasteiger partial charge < -0.3 is 25.9 Å². The summed E-state index contributed by atoms with van der Waals surface area (Å²) in [6.45, 7) is 15.1. The predicted octanol–water partition coefficient (Wildman–Crippen LogP) is 8.91. The molecule has 1 fully saturated rings. The summed E-state index contributed by atoms with van der Waals surface area (Å²) in [5.41, 5.74) is 5.15. The number of carbonyl (C=O) groups excluding carboxylic acids is 1. The van der Waals surface area contributed by atoms with Crippen LogP contribution < -0.4 is 29.3 Å². The van der Waals surface area contributed by atoms with E-state index in [2.05, 4.69) is 17.7 Å². The van der Waals surface area contributed by atoms with E-state index >= 15 is 0 Å². The van der Waals surface area contributed by atoms with Gasteiger partial charge in [0.15, 0.2) is 29.8 Å². The molecule has 1 aromatic heterocycles. The molecule has 1 atom stereocenters. The quantitative estimate of drug-likeness (QED) is 0.0397. The summed E-state index contributed by atoms with van der Waals surface area (Å²) in [5, 5.41) is 33.1. The molecule has 11 nitrogen and oxygen atoms in total. The first-order valence-electron chi connectivity index (χ1n) is 21.1. The summed E-state index contributed by atoms with van der Waals surface area (Å²) in [6.07, 6.45) is -1.93. The third-order valence-corrected chi connectivity index (χ3v) is 12.8. The summed E-state index contributed by atoms with van der Waals surface area (Å²) < 4.78 is 57.2. The van der Waals surface area contributed by atoms with Crippen LogP contribution in [0.3, 0.4) is 0 Å². The van der Waals surface area contributed by atoms with Crippen LogP contribution in [0.15, 0.2) is 110 Å². The second-order valence-electron chi connectivity index (χ2n) is 15.4. The molecule has 0 bridgehead atoms. The van der Waals surface area contributed by atoms with Crippen molar-refractivity contribution in [2.75, 3.05) is 26.4 Å². The maximum atomic E-state index is 13.2. The van der Waals surface area contributed by atoms with E-state index in [1.807, 2.05) is 102 Å². The topological polar surface area (TPSA) is 149 Å². The maximum Gasteiger partial charge on any atom is 1.00 e. The van der Waals surface area contributed by atoms with Crippen LogP contribution in [0.2, 0.25) is 0 Å². The second kappa shape index (κ2) is 31.7. The molecule has 5 aromatic carbocycles. The van der Waals surface area contributed by atoms with Gasteiger partial charge in [0.25, 0.3) is 0 Å². The zero-order chi connectivity index (χ0) is 49.4. The average Bonchev–Trinajstić information content (AvgIpc) is 3.97. The number of ether oxygens (including phenoxy) is 3. The van der Waals surface area contributed by atoms with Crippen molar-refractivity contribution >= 4 is 59.5 Å². The van der Waals surface area contributed by atoms with E-state index in [4.69, 9.17) is 19.5 Å². The van der Waals surface area contributed by atoms with E-state index in [1.54, 1.807) is 26.1 Å². The fourth-order valence-electron chi connectivity index (χ4n) is 6.28. The molecular formula is C52H67AlF3LiN4O7S3. The van der Waals surface area contributed by atoms with Gasteiger partial charge >= 0.3 is 36.7 Å². The summed E-state index contributed by atoms with van der Waals surface area (Å²) in [5.74, 6) is 1.17. The third kappa shape index (κ3) is 19.7. The Labute approximate surface area is 454 Å². The first kappa shape index (κ1) is 66.3. The van der Waals surface area contributed by atoms with Crippen LogP contribution in [0.1, 0.15) is 91.6 Å². The number of halogens is 3. The van der Waals surface area contributed by atoms with Gasteiger partial charge in [-0.25, -0.2) is 9.59 Å². The van der Waals surface area contributed by atoms with Crippen molar-refractivity contribution in [1.82, 2.24) is 14.3 Å². The Morgan fingerprint density at radius 3 is 1.93 bits per heavy atom. The fourth-order valence-corrected chi connectivity index (χ4v) is 8.44. The number of alkyl halides is 3. The zero-order valence-corrected chi connectivity index (χ0v) is 42.1. The Bertz CT molecular complexity index is 2660. The van der Waals surface area contributed by atoms with Crippen molar-refractivity contribution in [3.63, 3.8) is 0 Å². The van der Waals surface area contributed by atoms with Gasteiger partial charge in [-0.15, -0.1) is 29.5 Å². The Morgan fingerprint density at radius 1 is 0.859 bits per heavy atom. The maximum absolute atomic E-state index is 13.2. The van der Waals surface area contributed by atoms with Crippen molar-refractivity contribution in [2.45, 2.75) is 102 Å². The third-order valence-electron chi connectivity index (χ3n) is 10.1. The molecule has 380 valence electrons. The molecule has 1 saturated heterocycles. The zero-order valence-electron chi connectivity index (χ0n) is 40.6. The Hall–Kier alpha value is -4.67. The van der Waals surface area contributed by atoms with E-state index in [1.165, 1.54) is 41.3 Å². The van der Waals surface area contributed by atoms with Crippen LogP contribution in [0.25, 0.3) is 5.69 Å². The number of hydrogen-bond acceptors (Lipinski definition) is 12. The van der Waals surface area contributed by atoms with Crippen LogP contribution in [0.5, 0.6) is 17.2 Å². The van der Waals surface area contributed by atoms with E-state index in [0.29, 0.717) is 17.3 Å². The molecule has 0 radical (unpaired) electrons. The summed E-state index contributed by atoms with van der Waals surface area (Å²) in [4.78, 5) is 27.6. The summed E-state index contributed by atoms with van der Waals surface area (Å²) in [7, 11) is 1.59. The molecule has 7 rings (SSSR count). The van der Waals surface area contributed by atoms with Gasteiger partial charge in [-0.3, -0.25) is 4.57 Å². The molecule has 0 spiro atoms. The Balaban J connectivity index is 0. The molecule has 1 unspecified atom stereocenters. The number of phenols is 2. The van der Waals surface area contributed by atoms with Gasteiger partial charge in [0, 0.05) is 34.9 Å². The van der Waals surface area contributed by atoms with Gasteiger partial charge in [-0.2, -0.15) is 23.1 Å². The van der Waals surface area contributed by atoms with E-state index in [-0.39, 0.29) is 77.2 Å². The molecule has 2 N–H and O–H groups in total. The number of phenolic OH excluding ortho intramolecular Hbond substituents is 2.